The van der Waals surface area contributed by atoms with Crippen molar-refractivity contribution in [3.8, 4) is 5.75 Å². The predicted octanol–water partition coefficient (Wildman–Crippen LogP) is 4.51. The first kappa shape index (κ1) is 47.5. The van der Waals surface area contributed by atoms with Crippen LogP contribution in [-0.2, 0) is 49.3 Å². The van der Waals surface area contributed by atoms with Crippen molar-refractivity contribution in [2.24, 2.45) is 11.8 Å². The highest BCUT2D eigenvalue weighted by molar-refractivity contribution is 6.35. The van der Waals surface area contributed by atoms with Crippen LogP contribution in [0.25, 0.3) is 0 Å². The van der Waals surface area contributed by atoms with Gasteiger partial charge >= 0.3 is 12.1 Å². The molecule has 2 N–H and O–H groups in total. The van der Waals surface area contributed by atoms with Gasteiger partial charge in [0.2, 0.25) is 17.7 Å². The first-order chi connectivity index (χ1) is 28.7. The van der Waals surface area contributed by atoms with Gasteiger partial charge in [0.15, 0.2) is 5.72 Å². The Hall–Kier alpha value is -4.51. The molecule has 4 amide bonds. The van der Waals surface area contributed by atoms with Gasteiger partial charge in [0.05, 0.1) is 25.3 Å². The minimum absolute atomic E-state index is 0.0104. The van der Waals surface area contributed by atoms with E-state index in [9.17, 15) is 33.9 Å². The molecule has 61 heavy (non-hydrogen) atoms. The van der Waals surface area contributed by atoms with Gasteiger partial charge in [0.1, 0.15) is 46.5 Å². The van der Waals surface area contributed by atoms with Gasteiger partial charge in [-0.3, -0.25) is 24.5 Å². The van der Waals surface area contributed by atoms with Crippen molar-refractivity contribution in [3.63, 3.8) is 0 Å². The van der Waals surface area contributed by atoms with Crippen LogP contribution in [0.4, 0.5) is 10.5 Å². The van der Waals surface area contributed by atoms with E-state index in [0.717, 1.165) is 11.1 Å². The van der Waals surface area contributed by atoms with Crippen LogP contribution in [-0.4, -0.2) is 134 Å². The van der Waals surface area contributed by atoms with E-state index in [1.54, 1.807) is 57.0 Å². The molecule has 8 atom stereocenters. The number of alkyl carbamates (subject to hydrolysis) is 1. The molecule has 3 saturated heterocycles. The van der Waals surface area contributed by atoms with E-state index >= 15 is 0 Å². The number of rotatable bonds is 10. The van der Waals surface area contributed by atoms with Crippen molar-refractivity contribution in [2.75, 3.05) is 46.3 Å². The van der Waals surface area contributed by atoms with Crippen molar-refractivity contribution in [1.29, 1.82) is 0 Å². The van der Waals surface area contributed by atoms with Gasteiger partial charge < -0.3 is 43.5 Å². The number of likely N-dealkylation sites (tertiary alicyclic amines) is 1. The fourth-order valence-corrected chi connectivity index (χ4v) is 8.79. The second kappa shape index (κ2) is 19.7. The summed E-state index contributed by atoms with van der Waals surface area (Å²) in [6.45, 7) is 9.48. The summed E-state index contributed by atoms with van der Waals surface area (Å²) in [6, 6.07) is 2.48. The normalized spacial score (nSPS) is 30.4. The third-order valence-corrected chi connectivity index (χ3v) is 13.1. The van der Waals surface area contributed by atoms with Gasteiger partial charge in [0.25, 0.3) is 0 Å². The van der Waals surface area contributed by atoms with Crippen LogP contribution in [0.3, 0.4) is 0 Å². The number of benzene rings is 1. The minimum atomic E-state index is -1.86. The highest BCUT2D eigenvalue weighted by Gasteiger charge is 2.64. The molecule has 0 saturated carbocycles. The molecule has 4 heterocycles. The number of carbonyl (C=O) groups excluding carboxylic acids is 6. The van der Waals surface area contributed by atoms with E-state index in [-0.39, 0.29) is 60.6 Å². The summed E-state index contributed by atoms with van der Waals surface area (Å²) in [4.78, 5) is 83.4. The van der Waals surface area contributed by atoms with Crippen LogP contribution in [0.15, 0.2) is 35.9 Å². The van der Waals surface area contributed by atoms with E-state index in [0.29, 0.717) is 43.8 Å². The molecule has 16 nitrogen and oxygen atoms in total. The minimum Gasteiger partial charge on any atom is -0.495 e. The van der Waals surface area contributed by atoms with E-state index in [1.165, 1.54) is 38.0 Å². The molecule has 3 fully saturated rings. The van der Waals surface area contributed by atoms with E-state index < -0.39 is 65.7 Å². The number of fused-ring (bicyclic) bond motifs is 5. The maximum absolute atomic E-state index is 14.3. The average Bonchev–Trinajstić information content (AvgIpc) is 3.92. The quantitative estimate of drug-likeness (QED) is 0.247. The molecule has 0 aromatic heterocycles. The number of nitrogens with zero attached hydrogens (tertiary/aromatic N) is 3. The number of anilines is 1. The number of ketones is 1. The van der Waals surface area contributed by atoms with Crippen LogP contribution >= 0.6 is 11.6 Å². The number of hydrogen-bond acceptors (Lipinski definition) is 12. The number of aliphatic hydroxyl groups is 1. The molecule has 1 aromatic carbocycles. The molecule has 0 unspecified atom stereocenters. The van der Waals surface area contributed by atoms with Crippen LogP contribution in [0.2, 0.25) is 5.02 Å². The number of hydrogen-bond donors (Lipinski definition) is 2. The SMILES string of the molecule is COc1cc2cc(c1Cl)N(C)C(=O)C[C@H](OC(=O)[C@H](C)N(C)C(=O)CCCC(=O)N1CCC(C(C)=O)CC1)[C@]1(C)O[C@H]1[C@H](C)[C@@H]1C[C@@](O)(NC(=O)O1)[C@H](OC)/C=C/C=C(\C)C2. The number of halogens is 1. The first-order valence-corrected chi connectivity index (χ1v) is 21.2. The van der Waals surface area contributed by atoms with Crippen molar-refractivity contribution >= 4 is 52.9 Å². The molecule has 5 rings (SSSR count). The molecule has 0 spiro atoms. The fourth-order valence-electron chi connectivity index (χ4n) is 8.48. The van der Waals surface area contributed by atoms with Crippen LogP contribution < -0.4 is 15.0 Å². The van der Waals surface area contributed by atoms with E-state index in [2.05, 4.69) is 5.32 Å². The van der Waals surface area contributed by atoms with E-state index in [4.69, 9.17) is 35.3 Å². The highest BCUT2D eigenvalue weighted by Crippen LogP contribution is 2.49. The summed E-state index contributed by atoms with van der Waals surface area (Å²) in [5, 5.41) is 14.5. The van der Waals surface area contributed by atoms with Gasteiger partial charge in [-0.05, 0) is 71.1 Å². The molecule has 0 radical (unpaired) electrons. The van der Waals surface area contributed by atoms with Crippen LogP contribution in [0.5, 0.6) is 5.75 Å². The van der Waals surface area contributed by atoms with E-state index in [1.807, 2.05) is 13.0 Å². The Morgan fingerprint density at radius 3 is 2.46 bits per heavy atom. The van der Waals surface area contributed by atoms with Gasteiger partial charge in [-0.2, -0.15) is 0 Å². The molecule has 17 heteroatoms. The van der Waals surface area contributed by atoms with Gasteiger partial charge in [-0.25, -0.2) is 9.59 Å². The summed E-state index contributed by atoms with van der Waals surface area (Å²) >= 11 is 6.79. The number of likely N-dealkylation sites (N-methyl/N-ethyl adjacent to an activating group) is 1. The van der Waals surface area contributed by atoms with Crippen molar-refractivity contribution in [3.05, 3.63) is 46.5 Å². The Morgan fingerprint density at radius 1 is 1.13 bits per heavy atom. The summed E-state index contributed by atoms with van der Waals surface area (Å²) in [6.07, 6.45) is 2.32. The number of nitrogens with one attached hydrogen (secondary N) is 1. The predicted molar refractivity (Wildman–Crippen MR) is 225 cm³/mol. The summed E-state index contributed by atoms with van der Waals surface area (Å²) in [5.41, 5.74) is -1.06. The molecule has 4 bridgehead atoms. The zero-order chi connectivity index (χ0) is 45.0. The largest absolute Gasteiger partial charge is 0.495 e. The topological polar surface area (TPSA) is 194 Å². The zero-order valence-corrected chi connectivity index (χ0v) is 37.4. The van der Waals surface area contributed by atoms with Gasteiger partial charge in [-0.15, -0.1) is 0 Å². The lowest BCUT2D eigenvalue weighted by molar-refractivity contribution is -0.162. The third kappa shape index (κ3) is 10.9. The van der Waals surface area contributed by atoms with Crippen molar-refractivity contribution in [2.45, 2.75) is 128 Å². The number of Topliss-reactive ketones (excluding diaryl/α,β-unsaturated/α-hetero) is 1. The molecule has 4 aliphatic heterocycles. The lowest BCUT2D eigenvalue weighted by Crippen LogP contribution is -2.63. The van der Waals surface area contributed by atoms with Gasteiger partial charge in [0, 0.05) is 65.4 Å². The monoisotopic (exact) mass is 872 g/mol. The van der Waals surface area contributed by atoms with Gasteiger partial charge in [-0.1, -0.05) is 42.3 Å². The van der Waals surface area contributed by atoms with Crippen LogP contribution in [0.1, 0.15) is 85.1 Å². The second-order valence-electron chi connectivity index (χ2n) is 17.0. The summed E-state index contributed by atoms with van der Waals surface area (Å²) < 4.78 is 29.3. The molecule has 336 valence electrons. The standard InChI is InChI=1S/C44H61ClN4O12/c1-25-12-10-13-34(58-9)44(56)24-33(59-42(55)46-44)26(2)40-43(5,61-40)35(23-38(53)48(7)31-21-29(20-25)22-32(57-8)39(31)45)60-41(54)27(3)47(6)36(51)14-11-15-37(52)49-18-16-30(17-19-49)28(4)50/h10,12-13,21-22,26-27,30,33-35,40,56H,11,14-20,23-24H2,1-9H3,(H,46,55)/b13-10+,25-12+/t26-,27+,33+,34-,35+,40+,43+,44+/m1/s1. The number of allylic oxidation sites excluding steroid dienone is 3. The number of carbonyl (C=O) groups is 6. The number of amides is 4. The molecule has 1 aromatic rings. The molecular formula is C44H61ClN4O12. The number of piperidine rings is 1. The smallest absolute Gasteiger partial charge is 0.409 e. The number of methoxy groups -OCH3 is 2. The van der Waals surface area contributed by atoms with Crippen LogP contribution in [0, 0.1) is 11.8 Å². The Kier molecular flexibility index (Phi) is 15.3. The third-order valence-electron chi connectivity index (χ3n) is 12.7. The molecule has 0 aliphatic carbocycles. The highest BCUT2D eigenvalue weighted by atomic mass is 35.5. The maximum Gasteiger partial charge on any atom is 0.409 e. The fraction of sp³-hybridized carbons (Fsp3) is 0.636. The summed E-state index contributed by atoms with van der Waals surface area (Å²) in [7, 11) is 5.93. The first-order valence-electron chi connectivity index (χ1n) is 20.9. The lowest BCUT2D eigenvalue weighted by atomic mass is 9.83. The lowest BCUT2D eigenvalue weighted by Gasteiger charge is -2.42. The Bertz CT molecular complexity index is 1920. The Labute approximate surface area is 362 Å². The second-order valence-corrected chi connectivity index (χ2v) is 17.4. The molecular weight excluding hydrogens is 812 g/mol. The van der Waals surface area contributed by atoms with Crippen molar-refractivity contribution < 1.29 is 57.6 Å². The number of epoxide rings is 1. The molecule has 4 aliphatic rings. The Morgan fingerprint density at radius 2 is 1.82 bits per heavy atom. The number of ether oxygens (including phenoxy) is 5. The Balaban J connectivity index is 1.37. The summed E-state index contributed by atoms with van der Waals surface area (Å²) in [5.74, 6) is -1.82. The van der Waals surface area contributed by atoms with Crippen molar-refractivity contribution in [1.82, 2.24) is 15.1 Å². The zero-order valence-electron chi connectivity index (χ0n) is 36.7. The average molecular weight is 873 g/mol. The number of esters is 1. The maximum atomic E-state index is 14.3.